The lowest BCUT2D eigenvalue weighted by Crippen LogP contribution is -2.24. The standard InChI is InChI=1S/C10H17N3S2/c1-2-3-9-12-10(15-13-9)11-8-4-6-14-7-5-8/h8H,2-7H2,1H3,(H,11,12,13). The number of hydrogen-bond acceptors (Lipinski definition) is 5. The van der Waals surface area contributed by atoms with E-state index in [1.807, 2.05) is 11.8 Å². The zero-order chi connectivity index (χ0) is 10.5. The molecule has 0 saturated carbocycles. The van der Waals surface area contributed by atoms with E-state index in [0.717, 1.165) is 23.8 Å². The number of anilines is 1. The van der Waals surface area contributed by atoms with Crippen molar-refractivity contribution < 1.29 is 0 Å². The van der Waals surface area contributed by atoms with Gasteiger partial charge in [0.2, 0.25) is 5.13 Å². The monoisotopic (exact) mass is 243 g/mol. The summed E-state index contributed by atoms with van der Waals surface area (Å²) in [5.41, 5.74) is 0. The summed E-state index contributed by atoms with van der Waals surface area (Å²) in [5, 5.41) is 4.50. The number of hydrogen-bond donors (Lipinski definition) is 1. The zero-order valence-corrected chi connectivity index (χ0v) is 10.7. The van der Waals surface area contributed by atoms with E-state index in [9.17, 15) is 0 Å². The molecule has 2 rings (SSSR count). The van der Waals surface area contributed by atoms with Crippen LogP contribution in [0.2, 0.25) is 0 Å². The van der Waals surface area contributed by atoms with Crippen LogP contribution in [-0.4, -0.2) is 26.9 Å². The second kappa shape index (κ2) is 5.70. The van der Waals surface area contributed by atoms with Crippen molar-refractivity contribution in [3.63, 3.8) is 0 Å². The van der Waals surface area contributed by atoms with Gasteiger partial charge in [-0.05, 0) is 30.8 Å². The molecule has 84 valence electrons. The average Bonchev–Trinajstić information content (AvgIpc) is 2.68. The second-order valence-electron chi connectivity index (χ2n) is 3.80. The van der Waals surface area contributed by atoms with E-state index in [4.69, 9.17) is 0 Å². The molecule has 2 heterocycles. The molecule has 1 N–H and O–H groups in total. The first kappa shape index (κ1) is 11.2. The number of thioether (sulfide) groups is 1. The van der Waals surface area contributed by atoms with Crippen LogP contribution in [0.4, 0.5) is 5.13 Å². The summed E-state index contributed by atoms with van der Waals surface area (Å²) in [6, 6.07) is 0.619. The number of aromatic nitrogens is 2. The Morgan fingerprint density at radius 2 is 2.20 bits per heavy atom. The zero-order valence-electron chi connectivity index (χ0n) is 9.03. The molecule has 1 aromatic heterocycles. The second-order valence-corrected chi connectivity index (χ2v) is 5.77. The number of nitrogens with one attached hydrogen (secondary N) is 1. The van der Waals surface area contributed by atoms with Crippen molar-refractivity contribution >= 4 is 28.4 Å². The average molecular weight is 243 g/mol. The summed E-state index contributed by atoms with van der Waals surface area (Å²) >= 11 is 3.55. The molecule has 5 heteroatoms. The fraction of sp³-hybridized carbons (Fsp3) is 0.800. The third-order valence-corrected chi connectivity index (χ3v) is 4.22. The Morgan fingerprint density at radius 3 is 2.93 bits per heavy atom. The van der Waals surface area contributed by atoms with E-state index in [2.05, 4.69) is 21.6 Å². The van der Waals surface area contributed by atoms with E-state index in [1.54, 1.807) is 0 Å². The first-order chi connectivity index (χ1) is 7.38. The largest absolute Gasteiger partial charge is 0.357 e. The van der Waals surface area contributed by atoms with Crippen LogP contribution in [0.15, 0.2) is 0 Å². The van der Waals surface area contributed by atoms with E-state index < -0.39 is 0 Å². The fourth-order valence-corrected chi connectivity index (χ4v) is 3.45. The van der Waals surface area contributed by atoms with Crippen LogP contribution in [0.3, 0.4) is 0 Å². The van der Waals surface area contributed by atoms with Crippen molar-refractivity contribution in [2.24, 2.45) is 0 Å². The molecule has 0 bridgehead atoms. The van der Waals surface area contributed by atoms with E-state index in [0.29, 0.717) is 6.04 Å². The van der Waals surface area contributed by atoms with Crippen molar-refractivity contribution in [3.05, 3.63) is 5.82 Å². The maximum atomic E-state index is 4.48. The highest BCUT2D eigenvalue weighted by Gasteiger charge is 2.14. The molecular weight excluding hydrogens is 226 g/mol. The summed E-state index contributed by atoms with van der Waals surface area (Å²) in [7, 11) is 0. The van der Waals surface area contributed by atoms with Crippen LogP contribution in [0, 0.1) is 0 Å². The van der Waals surface area contributed by atoms with Gasteiger partial charge in [-0.1, -0.05) is 6.92 Å². The molecule has 1 fully saturated rings. The lowest BCUT2D eigenvalue weighted by atomic mass is 10.2. The van der Waals surface area contributed by atoms with Gasteiger partial charge in [-0.25, -0.2) is 4.98 Å². The molecule has 0 aliphatic carbocycles. The van der Waals surface area contributed by atoms with Crippen LogP contribution in [0.5, 0.6) is 0 Å². The van der Waals surface area contributed by atoms with Crippen molar-refractivity contribution in [1.29, 1.82) is 0 Å². The summed E-state index contributed by atoms with van der Waals surface area (Å²) in [6.07, 6.45) is 4.63. The van der Waals surface area contributed by atoms with Crippen molar-refractivity contribution in [2.75, 3.05) is 16.8 Å². The van der Waals surface area contributed by atoms with Crippen LogP contribution in [0.25, 0.3) is 0 Å². The molecule has 1 saturated heterocycles. The SMILES string of the molecule is CCCc1nsc(NC2CCSCC2)n1. The van der Waals surface area contributed by atoms with Gasteiger partial charge in [-0.3, -0.25) is 0 Å². The minimum absolute atomic E-state index is 0.619. The predicted molar refractivity (Wildman–Crippen MR) is 67.9 cm³/mol. The highest BCUT2D eigenvalue weighted by Crippen LogP contribution is 2.21. The number of nitrogens with zero attached hydrogens (tertiary/aromatic N) is 2. The van der Waals surface area contributed by atoms with E-state index in [-0.39, 0.29) is 0 Å². The first-order valence-corrected chi connectivity index (χ1v) is 7.48. The van der Waals surface area contributed by atoms with Crippen LogP contribution >= 0.6 is 23.3 Å². The maximum Gasteiger partial charge on any atom is 0.202 e. The Bertz CT molecular complexity index is 295. The van der Waals surface area contributed by atoms with Gasteiger partial charge >= 0.3 is 0 Å². The molecular formula is C10H17N3S2. The lowest BCUT2D eigenvalue weighted by molar-refractivity contribution is 0.665. The van der Waals surface area contributed by atoms with Crippen LogP contribution < -0.4 is 5.32 Å². The minimum atomic E-state index is 0.619. The van der Waals surface area contributed by atoms with Gasteiger partial charge in [0.15, 0.2) is 0 Å². The molecule has 0 aromatic carbocycles. The van der Waals surface area contributed by atoms with Gasteiger partial charge in [-0.15, -0.1) is 0 Å². The number of aryl methyl sites for hydroxylation is 1. The van der Waals surface area contributed by atoms with Gasteiger partial charge in [-0.2, -0.15) is 16.1 Å². The molecule has 0 unspecified atom stereocenters. The van der Waals surface area contributed by atoms with Crippen molar-refractivity contribution in [3.8, 4) is 0 Å². The molecule has 1 aliphatic rings. The summed E-state index contributed by atoms with van der Waals surface area (Å²) in [4.78, 5) is 4.48. The normalized spacial score (nSPS) is 17.9. The van der Waals surface area contributed by atoms with Gasteiger partial charge in [0, 0.05) is 24.0 Å². The van der Waals surface area contributed by atoms with Gasteiger partial charge < -0.3 is 5.32 Å². The first-order valence-electron chi connectivity index (χ1n) is 5.55. The summed E-state index contributed by atoms with van der Waals surface area (Å²) in [6.45, 7) is 2.16. The smallest absolute Gasteiger partial charge is 0.202 e. The van der Waals surface area contributed by atoms with Crippen LogP contribution in [-0.2, 0) is 6.42 Å². The van der Waals surface area contributed by atoms with Gasteiger partial charge in [0.25, 0.3) is 0 Å². The fourth-order valence-electron chi connectivity index (χ4n) is 1.65. The van der Waals surface area contributed by atoms with Gasteiger partial charge in [0.1, 0.15) is 5.82 Å². The summed E-state index contributed by atoms with van der Waals surface area (Å²) < 4.78 is 4.33. The summed E-state index contributed by atoms with van der Waals surface area (Å²) in [5.74, 6) is 3.55. The van der Waals surface area contributed by atoms with Crippen molar-refractivity contribution in [2.45, 2.75) is 38.6 Å². The Kier molecular flexibility index (Phi) is 4.26. The quantitative estimate of drug-likeness (QED) is 0.882. The highest BCUT2D eigenvalue weighted by atomic mass is 32.2. The Labute approximate surface area is 99.2 Å². The van der Waals surface area contributed by atoms with Crippen molar-refractivity contribution in [1.82, 2.24) is 9.36 Å². The Morgan fingerprint density at radius 1 is 1.40 bits per heavy atom. The molecule has 0 radical (unpaired) electrons. The number of rotatable bonds is 4. The lowest BCUT2D eigenvalue weighted by Gasteiger charge is -2.21. The maximum absolute atomic E-state index is 4.48. The molecule has 3 nitrogen and oxygen atoms in total. The molecule has 0 amide bonds. The Hall–Kier alpha value is -0.290. The van der Waals surface area contributed by atoms with E-state index >= 15 is 0 Å². The molecule has 15 heavy (non-hydrogen) atoms. The minimum Gasteiger partial charge on any atom is -0.357 e. The molecule has 1 aromatic rings. The Balaban J connectivity index is 1.86. The van der Waals surface area contributed by atoms with Crippen LogP contribution in [0.1, 0.15) is 32.0 Å². The third kappa shape index (κ3) is 3.34. The molecule has 1 aliphatic heterocycles. The predicted octanol–water partition coefficient (Wildman–Crippen LogP) is 2.80. The molecule has 0 atom stereocenters. The third-order valence-electron chi connectivity index (χ3n) is 2.49. The topological polar surface area (TPSA) is 37.8 Å². The highest BCUT2D eigenvalue weighted by molar-refractivity contribution is 7.99. The van der Waals surface area contributed by atoms with E-state index in [1.165, 1.54) is 35.9 Å². The van der Waals surface area contributed by atoms with Gasteiger partial charge in [0.05, 0.1) is 0 Å². The molecule has 0 spiro atoms.